The molecule has 0 aliphatic heterocycles. The summed E-state index contributed by atoms with van der Waals surface area (Å²) in [7, 11) is 0. The number of aryl methyl sites for hydroxylation is 2. The van der Waals surface area contributed by atoms with Crippen LogP contribution in [0, 0.1) is 5.82 Å². The van der Waals surface area contributed by atoms with Gasteiger partial charge in [0.1, 0.15) is 12.1 Å². The maximum absolute atomic E-state index is 14.2. The summed E-state index contributed by atoms with van der Waals surface area (Å²) in [5.41, 5.74) is 8.16. The summed E-state index contributed by atoms with van der Waals surface area (Å²) in [4.78, 5) is 3.84. The van der Waals surface area contributed by atoms with Gasteiger partial charge in [-0.1, -0.05) is 42.5 Å². The summed E-state index contributed by atoms with van der Waals surface area (Å²) in [6.45, 7) is 0.507. The van der Waals surface area contributed by atoms with E-state index in [1.165, 1.54) is 6.33 Å². The second-order valence-corrected chi connectivity index (χ2v) is 4.76. The molecule has 3 rings (SSSR count). The number of benzene rings is 2. The van der Waals surface area contributed by atoms with Crippen molar-refractivity contribution >= 4 is 5.95 Å². The molecule has 0 bridgehead atoms. The normalized spacial score (nSPS) is 10.7. The van der Waals surface area contributed by atoms with Crippen LogP contribution in [-0.4, -0.2) is 14.8 Å². The van der Waals surface area contributed by atoms with Crippen molar-refractivity contribution in [1.82, 2.24) is 14.8 Å². The topological polar surface area (TPSA) is 56.7 Å². The van der Waals surface area contributed by atoms with Crippen molar-refractivity contribution in [2.24, 2.45) is 0 Å². The van der Waals surface area contributed by atoms with Gasteiger partial charge in [0.2, 0.25) is 5.95 Å². The van der Waals surface area contributed by atoms with Crippen LogP contribution in [0.4, 0.5) is 10.3 Å². The summed E-state index contributed by atoms with van der Waals surface area (Å²) in [5, 5.41) is 3.98. The van der Waals surface area contributed by atoms with Gasteiger partial charge >= 0.3 is 0 Å². The van der Waals surface area contributed by atoms with Gasteiger partial charge in [-0.3, -0.25) is 0 Å². The van der Waals surface area contributed by atoms with Crippen LogP contribution < -0.4 is 5.73 Å². The molecule has 0 aliphatic carbocycles. The van der Waals surface area contributed by atoms with E-state index in [2.05, 4.69) is 10.1 Å². The lowest BCUT2D eigenvalue weighted by molar-refractivity contribution is 0.576. The Bertz CT molecular complexity index is 737. The number of aromatic nitrogens is 3. The number of nitrogen functional groups attached to an aromatic ring is 1. The molecule has 0 unspecified atom stereocenters. The van der Waals surface area contributed by atoms with E-state index < -0.39 is 0 Å². The first-order valence-electron chi connectivity index (χ1n) is 6.71. The predicted molar refractivity (Wildman–Crippen MR) is 80.0 cm³/mol. The molecule has 106 valence electrons. The minimum atomic E-state index is -0.213. The molecule has 2 aromatic carbocycles. The van der Waals surface area contributed by atoms with Gasteiger partial charge in [0.05, 0.1) is 0 Å². The van der Waals surface area contributed by atoms with Crippen LogP contribution in [0.15, 0.2) is 54.9 Å². The van der Waals surface area contributed by atoms with Crippen LogP contribution in [0.1, 0.15) is 5.56 Å². The minimum absolute atomic E-state index is 0.213. The van der Waals surface area contributed by atoms with E-state index in [1.54, 1.807) is 10.7 Å². The summed E-state index contributed by atoms with van der Waals surface area (Å²) in [5.74, 6) is 0.131. The number of nitrogens with zero attached hydrogens (tertiary/aromatic N) is 3. The second-order valence-electron chi connectivity index (χ2n) is 4.76. The van der Waals surface area contributed by atoms with E-state index in [0.717, 1.165) is 11.1 Å². The molecule has 1 aromatic heterocycles. The number of hydrogen-bond donors (Lipinski definition) is 1. The summed E-state index contributed by atoms with van der Waals surface area (Å²) >= 11 is 0. The van der Waals surface area contributed by atoms with Crippen LogP contribution >= 0.6 is 0 Å². The highest BCUT2D eigenvalue weighted by atomic mass is 19.1. The Balaban J connectivity index is 1.77. The van der Waals surface area contributed by atoms with Crippen LogP contribution in [0.2, 0.25) is 0 Å². The highest BCUT2D eigenvalue weighted by molar-refractivity contribution is 5.63. The van der Waals surface area contributed by atoms with Crippen molar-refractivity contribution in [2.45, 2.75) is 13.0 Å². The van der Waals surface area contributed by atoms with Gasteiger partial charge in [-0.15, -0.1) is 0 Å². The third-order valence-corrected chi connectivity index (χ3v) is 3.40. The van der Waals surface area contributed by atoms with Crippen molar-refractivity contribution < 1.29 is 4.39 Å². The molecule has 0 fully saturated rings. The molecule has 0 spiro atoms. The largest absolute Gasteiger partial charge is 0.368 e. The molecule has 0 atom stereocenters. The third kappa shape index (κ3) is 2.91. The maximum atomic E-state index is 14.2. The zero-order valence-electron chi connectivity index (χ0n) is 11.4. The smallest absolute Gasteiger partial charge is 0.218 e. The van der Waals surface area contributed by atoms with E-state index in [0.29, 0.717) is 24.5 Å². The highest BCUT2D eigenvalue weighted by Gasteiger charge is 2.07. The zero-order chi connectivity index (χ0) is 14.7. The van der Waals surface area contributed by atoms with Gasteiger partial charge in [-0.2, -0.15) is 5.10 Å². The summed E-state index contributed by atoms with van der Waals surface area (Å²) in [6.07, 6.45) is 1.92. The Morgan fingerprint density at radius 2 is 1.86 bits per heavy atom. The number of nitrogens with two attached hydrogens (primary N) is 1. The lowest BCUT2D eigenvalue weighted by Crippen LogP contribution is -2.08. The molecule has 0 amide bonds. The van der Waals surface area contributed by atoms with Crippen molar-refractivity contribution in [3.05, 3.63) is 66.2 Å². The molecule has 0 saturated carbocycles. The number of anilines is 1. The average Bonchev–Trinajstić information content (AvgIpc) is 2.92. The maximum Gasteiger partial charge on any atom is 0.218 e. The lowest BCUT2D eigenvalue weighted by Gasteiger charge is -2.07. The monoisotopic (exact) mass is 282 g/mol. The first kappa shape index (κ1) is 13.3. The molecule has 5 heteroatoms. The predicted octanol–water partition coefficient (Wildman–Crippen LogP) is 2.91. The Kier molecular flexibility index (Phi) is 3.64. The highest BCUT2D eigenvalue weighted by Crippen LogP contribution is 2.22. The summed E-state index contributed by atoms with van der Waals surface area (Å²) in [6, 6.07) is 15.0. The molecule has 2 N–H and O–H groups in total. The van der Waals surface area contributed by atoms with Crippen molar-refractivity contribution in [1.29, 1.82) is 0 Å². The quantitative estimate of drug-likeness (QED) is 0.800. The second kappa shape index (κ2) is 5.75. The fourth-order valence-corrected chi connectivity index (χ4v) is 2.23. The Labute approximate surface area is 122 Å². The molecule has 1 heterocycles. The van der Waals surface area contributed by atoms with Crippen LogP contribution in [0.3, 0.4) is 0 Å². The van der Waals surface area contributed by atoms with Gasteiger partial charge in [0.15, 0.2) is 0 Å². The average molecular weight is 282 g/mol. The Morgan fingerprint density at radius 3 is 2.52 bits per heavy atom. The van der Waals surface area contributed by atoms with E-state index in [1.807, 2.05) is 42.5 Å². The number of rotatable bonds is 4. The first-order valence-corrected chi connectivity index (χ1v) is 6.71. The number of hydrogen-bond acceptors (Lipinski definition) is 3. The van der Waals surface area contributed by atoms with E-state index in [4.69, 9.17) is 5.73 Å². The van der Waals surface area contributed by atoms with Crippen molar-refractivity contribution in [3.63, 3.8) is 0 Å². The molecule has 3 aromatic rings. The molecule has 4 nitrogen and oxygen atoms in total. The molecule has 0 radical (unpaired) electrons. The molecule has 0 aliphatic rings. The van der Waals surface area contributed by atoms with E-state index in [9.17, 15) is 4.39 Å². The minimum Gasteiger partial charge on any atom is -0.368 e. The summed E-state index contributed by atoms with van der Waals surface area (Å²) < 4.78 is 15.7. The SMILES string of the molecule is Nc1ncnn1CCc1ccc(-c2ccccc2)cc1F. The number of halogens is 1. The molecular weight excluding hydrogens is 267 g/mol. The standard InChI is InChI=1S/C16H15FN4/c17-15-10-14(12-4-2-1-3-5-12)7-6-13(15)8-9-21-16(18)19-11-20-21/h1-7,10-11H,8-9H2,(H2,18,19,20). The lowest BCUT2D eigenvalue weighted by atomic mass is 10.0. The van der Waals surface area contributed by atoms with Gasteiger partial charge in [-0.05, 0) is 29.2 Å². The van der Waals surface area contributed by atoms with Gasteiger partial charge in [0.25, 0.3) is 0 Å². The Morgan fingerprint density at radius 1 is 1.05 bits per heavy atom. The molecule has 0 saturated heterocycles. The van der Waals surface area contributed by atoms with Gasteiger partial charge in [-0.25, -0.2) is 14.1 Å². The Hall–Kier alpha value is -2.69. The van der Waals surface area contributed by atoms with Crippen LogP contribution in [-0.2, 0) is 13.0 Å². The first-order chi connectivity index (χ1) is 10.2. The zero-order valence-corrected chi connectivity index (χ0v) is 11.4. The van der Waals surface area contributed by atoms with Gasteiger partial charge < -0.3 is 5.73 Å². The van der Waals surface area contributed by atoms with Crippen LogP contribution in [0.5, 0.6) is 0 Å². The van der Waals surface area contributed by atoms with Crippen molar-refractivity contribution in [3.8, 4) is 11.1 Å². The fraction of sp³-hybridized carbons (Fsp3) is 0.125. The molecular formula is C16H15FN4. The van der Waals surface area contributed by atoms with Gasteiger partial charge in [0, 0.05) is 6.54 Å². The van der Waals surface area contributed by atoms with Crippen LogP contribution in [0.25, 0.3) is 11.1 Å². The van der Waals surface area contributed by atoms with E-state index in [-0.39, 0.29) is 5.82 Å². The third-order valence-electron chi connectivity index (χ3n) is 3.40. The van der Waals surface area contributed by atoms with Crippen molar-refractivity contribution in [2.75, 3.05) is 5.73 Å². The van der Waals surface area contributed by atoms with E-state index >= 15 is 0 Å². The fourth-order valence-electron chi connectivity index (χ4n) is 2.23. The molecule has 21 heavy (non-hydrogen) atoms.